The second kappa shape index (κ2) is 6.13. The van der Waals surface area contributed by atoms with Crippen LogP contribution >= 0.6 is 0 Å². The summed E-state index contributed by atoms with van der Waals surface area (Å²) in [6, 6.07) is 6.63. The first kappa shape index (κ1) is 15.9. The van der Waals surface area contributed by atoms with Crippen molar-refractivity contribution < 1.29 is 23.1 Å². The van der Waals surface area contributed by atoms with E-state index in [0.29, 0.717) is 5.56 Å². The number of aliphatic carboxylic acids is 1. The van der Waals surface area contributed by atoms with E-state index in [1.807, 2.05) is 0 Å². The van der Waals surface area contributed by atoms with Crippen molar-refractivity contribution in [3.63, 3.8) is 0 Å². The molecule has 1 aliphatic heterocycles. The molecule has 21 heavy (non-hydrogen) atoms. The molecule has 1 heterocycles. The molecular formula is C14H19NO5S. The Hall–Kier alpha value is -1.44. The van der Waals surface area contributed by atoms with Gasteiger partial charge < -0.3 is 9.84 Å². The van der Waals surface area contributed by atoms with Gasteiger partial charge in [0.25, 0.3) is 0 Å². The highest BCUT2D eigenvalue weighted by Gasteiger charge is 2.41. The first-order chi connectivity index (χ1) is 9.87. The SMILES string of the molecule is COCc1ccccc1S(=O)(=O)N1C[C@@H](C)[C@H](C(=O)O)C1. The van der Waals surface area contributed by atoms with Crippen LogP contribution < -0.4 is 0 Å². The van der Waals surface area contributed by atoms with E-state index in [2.05, 4.69) is 0 Å². The van der Waals surface area contributed by atoms with Crippen molar-refractivity contribution in [3.8, 4) is 0 Å². The van der Waals surface area contributed by atoms with Crippen molar-refractivity contribution >= 4 is 16.0 Å². The van der Waals surface area contributed by atoms with Gasteiger partial charge in [-0.3, -0.25) is 4.79 Å². The molecule has 2 rings (SSSR count). The van der Waals surface area contributed by atoms with E-state index < -0.39 is 21.9 Å². The summed E-state index contributed by atoms with van der Waals surface area (Å²) in [4.78, 5) is 11.3. The number of sulfonamides is 1. The molecule has 1 fully saturated rings. The summed E-state index contributed by atoms with van der Waals surface area (Å²) in [6.45, 7) is 2.19. The lowest BCUT2D eigenvalue weighted by atomic mass is 9.99. The van der Waals surface area contributed by atoms with Crippen molar-refractivity contribution in [1.82, 2.24) is 4.31 Å². The van der Waals surface area contributed by atoms with Crippen molar-refractivity contribution in [2.75, 3.05) is 20.2 Å². The average molecular weight is 313 g/mol. The summed E-state index contributed by atoms with van der Waals surface area (Å²) >= 11 is 0. The first-order valence-electron chi connectivity index (χ1n) is 6.67. The molecule has 0 saturated carbocycles. The standard InChI is InChI=1S/C14H19NO5S/c1-10-7-15(8-12(10)14(16)17)21(18,19)13-6-4-3-5-11(13)9-20-2/h3-6,10,12H,7-9H2,1-2H3,(H,16,17)/t10-,12-/m1/s1. The van der Waals surface area contributed by atoms with E-state index in [1.54, 1.807) is 25.1 Å². The number of ether oxygens (including phenoxy) is 1. The highest BCUT2D eigenvalue weighted by Crippen LogP contribution is 2.30. The molecule has 1 aliphatic rings. The Morgan fingerprint density at radius 1 is 1.38 bits per heavy atom. The number of carboxylic acids is 1. The van der Waals surface area contributed by atoms with Crippen molar-refractivity contribution in [3.05, 3.63) is 29.8 Å². The highest BCUT2D eigenvalue weighted by molar-refractivity contribution is 7.89. The van der Waals surface area contributed by atoms with Crippen LogP contribution in [0.15, 0.2) is 29.2 Å². The Kier molecular flexibility index (Phi) is 4.65. The van der Waals surface area contributed by atoms with Crippen LogP contribution in [0.3, 0.4) is 0 Å². The van der Waals surface area contributed by atoms with Crippen LogP contribution in [0, 0.1) is 11.8 Å². The third-order valence-electron chi connectivity index (χ3n) is 3.79. The van der Waals surface area contributed by atoms with E-state index in [9.17, 15) is 13.2 Å². The molecular weight excluding hydrogens is 294 g/mol. The quantitative estimate of drug-likeness (QED) is 0.882. The van der Waals surface area contributed by atoms with Crippen LogP contribution in [0.25, 0.3) is 0 Å². The topological polar surface area (TPSA) is 83.9 Å². The number of rotatable bonds is 5. The van der Waals surface area contributed by atoms with Crippen LogP contribution in [0.1, 0.15) is 12.5 Å². The second-order valence-corrected chi connectivity index (χ2v) is 7.19. The number of hydrogen-bond acceptors (Lipinski definition) is 4. The molecule has 116 valence electrons. The van der Waals surface area contributed by atoms with E-state index in [0.717, 1.165) is 0 Å². The smallest absolute Gasteiger partial charge is 0.308 e. The fourth-order valence-corrected chi connectivity index (χ4v) is 4.38. The van der Waals surface area contributed by atoms with Crippen molar-refractivity contribution in [2.45, 2.75) is 18.4 Å². The number of methoxy groups -OCH3 is 1. The fraction of sp³-hybridized carbons (Fsp3) is 0.500. The molecule has 7 heteroatoms. The van der Waals surface area contributed by atoms with Gasteiger partial charge in [0.15, 0.2) is 0 Å². The second-order valence-electron chi connectivity index (χ2n) is 5.28. The maximum absolute atomic E-state index is 12.7. The van der Waals surface area contributed by atoms with Crippen LogP contribution in [-0.4, -0.2) is 44.0 Å². The molecule has 1 saturated heterocycles. The van der Waals surface area contributed by atoms with Gasteiger partial charge in [0.1, 0.15) is 0 Å². The molecule has 1 N–H and O–H groups in total. The number of carboxylic acid groups (broad SMARTS) is 1. The summed E-state index contributed by atoms with van der Waals surface area (Å²) in [5.41, 5.74) is 0.575. The molecule has 0 aliphatic carbocycles. The fourth-order valence-electron chi connectivity index (χ4n) is 2.61. The van der Waals surface area contributed by atoms with Gasteiger partial charge in [0.2, 0.25) is 10.0 Å². The van der Waals surface area contributed by atoms with E-state index in [4.69, 9.17) is 9.84 Å². The van der Waals surface area contributed by atoms with Gasteiger partial charge in [0, 0.05) is 20.2 Å². The first-order valence-corrected chi connectivity index (χ1v) is 8.11. The molecule has 0 amide bonds. The Bertz CT molecular complexity index is 628. The molecule has 1 aromatic rings. The van der Waals surface area contributed by atoms with E-state index >= 15 is 0 Å². The summed E-state index contributed by atoms with van der Waals surface area (Å²) in [6.07, 6.45) is 0. The number of carbonyl (C=O) groups is 1. The van der Waals surface area contributed by atoms with Gasteiger partial charge in [-0.2, -0.15) is 4.31 Å². The van der Waals surface area contributed by atoms with Crippen LogP contribution in [0.2, 0.25) is 0 Å². The normalized spacial score (nSPS) is 23.3. The van der Waals surface area contributed by atoms with Crippen LogP contribution in [0.4, 0.5) is 0 Å². The molecule has 0 radical (unpaired) electrons. The predicted octanol–water partition coefficient (Wildman–Crippen LogP) is 1.17. The van der Waals surface area contributed by atoms with Gasteiger partial charge in [-0.1, -0.05) is 25.1 Å². The van der Waals surface area contributed by atoms with Crippen LogP contribution in [-0.2, 0) is 26.2 Å². The maximum Gasteiger partial charge on any atom is 0.308 e. The van der Waals surface area contributed by atoms with Gasteiger partial charge in [-0.25, -0.2) is 8.42 Å². The Morgan fingerprint density at radius 2 is 2.05 bits per heavy atom. The van der Waals surface area contributed by atoms with Crippen LogP contribution in [0.5, 0.6) is 0 Å². The van der Waals surface area contributed by atoms with Gasteiger partial charge in [-0.05, 0) is 17.5 Å². The highest BCUT2D eigenvalue weighted by atomic mass is 32.2. The maximum atomic E-state index is 12.7. The molecule has 0 aromatic heterocycles. The minimum atomic E-state index is -3.70. The Labute approximate surface area is 124 Å². The lowest BCUT2D eigenvalue weighted by molar-refractivity contribution is -0.142. The Morgan fingerprint density at radius 3 is 2.62 bits per heavy atom. The lowest BCUT2D eigenvalue weighted by Crippen LogP contribution is -2.30. The summed E-state index contributed by atoms with van der Waals surface area (Å²) in [5.74, 6) is -1.81. The molecule has 2 atom stereocenters. The minimum Gasteiger partial charge on any atom is -0.481 e. The third-order valence-corrected chi connectivity index (χ3v) is 5.72. The number of benzene rings is 1. The monoisotopic (exact) mass is 313 g/mol. The zero-order valence-corrected chi connectivity index (χ0v) is 12.8. The Balaban J connectivity index is 2.34. The van der Waals surface area contributed by atoms with Gasteiger partial charge >= 0.3 is 5.97 Å². The summed E-state index contributed by atoms with van der Waals surface area (Å²) < 4.78 is 31.7. The van der Waals surface area contributed by atoms with Crippen molar-refractivity contribution in [1.29, 1.82) is 0 Å². The van der Waals surface area contributed by atoms with Crippen molar-refractivity contribution in [2.24, 2.45) is 11.8 Å². The molecule has 1 aromatic carbocycles. The zero-order valence-electron chi connectivity index (χ0n) is 12.0. The number of nitrogens with zero attached hydrogens (tertiary/aromatic N) is 1. The zero-order chi connectivity index (χ0) is 15.6. The molecule has 0 spiro atoms. The van der Waals surface area contributed by atoms with Gasteiger partial charge in [0.05, 0.1) is 17.4 Å². The predicted molar refractivity (Wildman–Crippen MR) is 76.2 cm³/mol. The third kappa shape index (κ3) is 3.09. The number of hydrogen-bond donors (Lipinski definition) is 1. The molecule has 6 nitrogen and oxygen atoms in total. The average Bonchev–Trinajstić information content (AvgIpc) is 2.82. The molecule has 0 unspecified atom stereocenters. The summed E-state index contributed by atoms with van der Waals surface area (Å²) in [7, 11) is -2.20. The van der Waals surface area contributed by atoms with E-state index in [1.165, 1.54) is 17.5 Å². The van der Waals surface area contributed by atoms with Gasteiger partial charge in [-0.15, -0.1) is 0 Å². The van der Waals surface area contributed by atoms with E-state index in [-0.39, 0.29) is 30.5 Å². The molecule has 0 bridgehead atoms. The minimum absolute atomic E-state index is 0.0140. The summed E-state index contributed by atoms with van der Waals surface area (Å²) in [5, 5.41) is 9.14. The largest absolute Gasteiger partial charge is 0.481 e. The lowest BCUT2D eigenvalue weighted by Gasteiger charge is -2.18.